The molecule has 0 radical (unpaired) electrons. The highest BCUT2D eigenvalue weighted by Crippen LogP contribution is 2.43. The quantitative estimate of drug-likeness (QED) is 0.670. The van der Waals surface area contributed by atoms with E-state index in [1.807, 2.05) is 0 Å². The van der Waals surface area contributed by atoms with Gasteiger partial charge < -0.3 is 9.80 Å². The van der Waals surface area contributed by atoms with Crippen molar-refractivity contribution in [2.45, 2.75) is 19.8 Å². The Morgan fingerprint density at radius 1 is 1.00 bits per heavy atom. The van der Waals surface area contributed by atoms with Crippen molar-refractivity contribution in [3.63, 3.8) is 0 Å². The SMILES string of the molecule is CCN1CCN(C[C@H]2C[C@H]3C=C[C@@H]2C3)CC1. The van der Waals surface area contributed by atoms with Crippen molar-refractivity contribution < 1.29 is 0 Å². The van der Waals surface area contributed by atoms with Crippen LogP contribution in [0, 0.1) is 17.8 Å². The van der Waals surface area contributed by atoms with Gasteiger partial charge in [-0.25, -0.2) is 0 Å². The predicted octanol–water partition coefficient (Wildman–Crippen LogP) is 1.84. The van der Waals surface area contributed by atoms with E-state index >= 15 is 0 Å². The summed E-state index contributed by atoms with van der Waals surface area (Å²) >= 11 is 0. The maximum Gasteiger partial charge on any atom is 0.0110 e. The molecule has 0 unspecified atom stereocenters. The van der Waals surface area contributed by atoms with Crippen LogP contribution in [0.3, 0.4) is 0 Å². The predicted molar refractivity (Wildman–Crippen MR) is 67.4 cm³/mol. The number of hydrogen-bond acceptors (Lipinski definition) is 2. The molecule has 2 nitrogen and oxygen atoms in total. The molecule has 1 aliphatic heterocycles. The molecule has 0 spiro atoms. The summed E-state index contributed by atoms with van der Waals surface area (Å²) in [5, 5.41) is 0. The van der Waals surface area contributed by atoms with Crippen molar-refractivity contribution >= 4 is 0 Å². The number of rotatable bonds is 3. The van der Waals surface area contributed by atoms with Gasteiger partial charge in [-0.3, -0.25) is 0 Å². The highest BCUT2D eigenvalue weighted by atomic mass is 15.3. The van der Waals surface area contributed by atoms with Gasteiger partial charge in [0.2, 0.25) is 0 Å². The highest BCUT2D eigenvalue weighted by Gasteiger charge is 2.36. The van der Waals surface area contributed by atoms with Crippen LogP contribution in [-0.4, -0.2) is 49.1 Å². The Morgan fingerprint density at radius 2 is 1.75 bits per heavy atom. The molecular weight excluding hydrogens is 196 g/mol. The minimum atomic E-state index is 0.925. The third kappa shape index (κ3) is 2.05. The molecule has 2 fully saturated rings. The molecule has 1 saturated carbocycles. The molecule has 1 heterocycles. The molecule has 0 N–H and O–H groups in total. The standard InChI is InChI=1S/C14H24N2/c1-2-15-5-7-16(8-6-15)11-14-10-12-3-4-13(14)9-12/h3-4,12-14H,2,5-11H2,1H3/t12-,13+,14+/m0/s1. The summed E-state index contributed by atoms with van der Waals surface area (Å²) in [6.45, 7) is 10.0. The van der Waals surface area contributed by atoms with Crippen molar-refractivity contribution in [3.05, 3.63) is 12.2 Å². The van der Waals surface area contributed by atoms with Gasteiger partial charge in [-0.2, -0.15) is 0 Å². The van der Waals surface area contributed by atoms with E-state index in [9.17, 15) is 0 Å². The van der Waals surface area contributed by atoms with E-state index in [0.717, 1.165) is 17.8 Å². The molecule has 16 heavy (non-hydrogen) atoms. The average molecular weight is 220 g/mol. The third-order valence-electron chi connectivity index (χ3n) is 4.82. The van der Waals surface area contributed by atoms with E-state index in [-0.39, 0.29) is 0 Å². The van der Waals surface area contributed by atoms with Gasteiger partial charge in [0.1, 0.15) is 0 Å². The minimum absolute atomic E-state index is 0.925. The van der Waals surface area contributed by atoms with Crippen LogP contribution in [0.4, 0.5) is 0 Å². The van der Waals surface area contributed by atoms with Crippen LogP contribution in [0.5, 0.6) is 0 Å². The fourth-order valence-electron chi connectivity index (χ4n) is 3.72. The maximum atomic E-state index is 2.70. The average Bonchev–Trinajstić information content (AvgIpc) is 2.92. The van der Waals surface area contributed by atoms with Gasteiger partial charge in [-0.05, 0) is 37.1 Å². The van der Waals surface area contributed by atoms with Gasteiger partial charge in [-0.15, -0.1) is 0 Å². The molecule has 3 aliphatic rings. The molecule has 2 aliphatic carbocycles. The first-order valence-electron chi connectivity index (χ1n) is 6.98. The molecule has 2 heteroatoms. The molecule has 3 atom stereocenters. The second-order valence-corrected chi connectivity index (χ2v) is 5.78. The van der Waals surface area contributed by atoms with Crippen LogP contribution in [0.1, 0.15) is 19.8 Å². The van der Waals surface area contributed by atoms with E-state index in [1.165, 1.54) is 52.1 Å². The van der Waals surface area contributed by atoms with Crippen molar-refractivity contribution in [1.82, 2.24) is 9.80 Å². The number of nitrogens with zero attached hydrogens (tertiary/aromatic N) is 2. The Hall–Kier alpha value is -0.340. The van der Waals surface area contributed by atoms with E-state index in [1.54, 1.807) is 0 Å². The summed E-state index contributed by atoms with van der Waals surface area (Å²) < 4.78 is 0. The van der Waals surface area contributed by atoms with Crippen molar-refractivity contribution in [2.24, 2.45) is 17.8 Å². The maximum absolute atomic E-state index is 2.70. The number of hydrogen-bond donors (Lipinski definition) is 0. The summed E-state index contributed by atoms with van der Waals surface area (Å²) in [7, 11) is 0. The third-order valence-corrected chi connectivity index (χ3v) is 4.82. The first-order chi connectivity index (χ1) is 7.85. The van der Waals surface area contributed by atoms with E-state index < -0.39 is 0 Å². The largest absolute Gasteiger partial charge is 0.301 e. The van der Waals surface area contributed by atoms with Crippen molar-refractivity contribution in [3.8, 4) is 0 Å². The Balaban J connectivity index is 1.48. The monoisotopic (exact) mass is 220 g/mol. The van der Waals surface area contributed by atoms with Gasteiger partial charge in [0.05, 0.1) is 0 Å². The Bertz CT molecular complexity index is 266. The molecule has 90 valence electrons. The minimum Gasteiger partial charge on any atom is -0.301 e. The van der Waals surface area contributed by atoms with E-state index in [2.05, 4.69) is 28.9 Å². The van der Waals surface area contributed by atoms with Crippen LogP contribution < -0.4 is 0 Å². The molecule has 0 amide bonds. The fraction of sp³-hybridized carbons (Fsp3) is 0.857. The van der Waals surface area contributed by atoms with Crippen LogP contribution in [0.25, 0.3) is 0 Å². The summed E-state index contributed by atoms with van der Waals surface area (Å²) in [6.07, 6.45) is 7.87. The fourth-order valence-corrected chi connectivity index (χ4v) is 3.72. The summed E-state index contributed by atoms with van der Waals surface area (Å²) in [5.41, 5.74) is 0. The second-order valence-electron chi connectivity index (χ2n) is 5.78. The Labute approximate surface area is 99.3 Å². The van der Waals surface area contributed by atoms with Crippen LogP contribution in [0.2, 0.25) is 0 Å². The lowest BCUT2D eigenvalue weighted by Crippen LogP contribution is -2.47. The molecule has 2 bridgehead atoms. The van der Waals surface area contributed by atoms with Gasteiger partial charge in [0, 0.05) is 32.7 Å². The second kappa shape index (κ2) is 4.50. The van der Waals surface area contributed by atoms with E-state index in [0.29, 0.717) is 0 Å². The lowest BCUT2D eigenvalue weighted by molar-refractivity contribution is 0.117. The zero-order chi connectivity index (χ0) is 11.0. The lowest BCUT2D eigenvalue weighted by atomic mass is 9.93. The molecule has 0 aromatic heterocycles. The summed E-state index contributed by atoms with van der Waals surface area (Å²) in [6, 6.07) is 0. The smallest absolute Gasteiger partial charge is 0.0110 e. The van der Waals surface area contributed by atoms with Crippen LogP contribution in [-0.2, 0) is 0 Å². The van der Waals surface area contributed by atoms with Gasteiger partial charge >= 0.3 is 0 Å². The van der Waals surface area contributed by atoms with Gasteiger partial charge in [0.15, 0.2) is 0 Å². The van der Waals surface area contributed by atoms with E-state index in [4.69, 9.17) is 0 Å². The van der Waals surface area contributed by atoms with Gasteiger partial charge in [-0.1, -0.05) is 19.1 Å². The van der Waals surface area contributed by atoms with Crippen molar-refractivity contribution in [2.75, 3.05) is 39.3 Å². The first-order valence-corrected chi connectivity index (χ1v) is 6.98. The highest BCUT2D eigenvalue weighted by molar-refractivity contribution is 5.10. The van der Waals surface area contributed by atoms with Crippen LogP contribution >= 0.6 is 0 Å². The number of piperazine rings is 1. The molecular formula is C14H24N2. The normalized spacial score (nSPS) is 39.7. The topological polar surface area (TPSA) is 6.48 Å². The molecule has 1 saturated heterocycles. The zero-order valence-electron chi connectivity index (χ0n) is 10.4. The Kier molecular flexibility index (Phi) is 3.03. The van der Waals surface area contributed by atoms with Crippen molar-refractivity contribution in [1.29, 1.82) is 0 Å². The van der Waals surface area contributed by atoms with Crippen LogP contribution in [0.15, 0.2) is 12.2 Å². The Morgan fingerprint density at radius 3 is 2.31 bits per heavy atom. The molecule has 0 aromatic rings. The number of allylic oxidation sites excluding steroid dienone is 2. The zero-order valence-corrected chi connectivity index (χ0v) is 10.4. The summed E-state index contributed by atoms with van der Waals surface area (Å²) in [4.78, 5) is 5.27. The van der Waals surface area contributed by atoms with Gasteiger partial charge in [0.25, 0.3) is 0 Å². The first kappa shape index (κ1) is 10.8. The summed E-state index contributed by atoms with van der Waals surface area (Å²) in [5.74, 6) is 2.84. The lowest BCUT2D eigenvalue weighted by Gasteiger charge is -2.36. The molecule has 3 rings (SSSR count). The number of fused-ring (bicyclic) bond motifs is 2. The molecule has 0 aromatic carbocycles. The number of likely N-dealkylation sites (N-methyl/N-ethyl adjacent to an activating group) is 1.